The molecule has 2 aromatic rings. The Morgan fingerprint density at radius 1 is 1.16 bits per heavy atom. The van der Waals surface area contributed by atoms with Gasteiger partial charge in [0.05, 0.1) is 11.9 Å². The average molecular weight is 342 g/mol. The number of aromatic nitrogens is 4. The minimum atomic E-state index is 0.166. The summed E-state index contributed by atoms with van der Waals surface area (Å²) in [5.41, 5.74) is 1.20. The SMILES string of the molecule is Cn1nccc1[C@@H]1OCCC[C@H]1CN1CCN(c2cnccn2)CC1. The molecule has 0 spiro atoms. The lowest BCUT2D eigenvalue weighted by atomic mass is 9.91. The average Bonchev–Trinajstić information content (AvgIpc) is 3.09. The van der Waals surface area contributed by atoms with Crippen LogP contribution in [0.4, 0.5) is 5.82 Å². The summed E-state index contributed by atoms with van der Waals surface area (Å²) in [7, 11) is 2.00. The van der Waals surface area contributed by atoms with Gasteiger partial charge in [-0.25, -0.2) is 4.98 Å². The number of hydrogen-bond donors (Lipinski definition) is 0. The zero-order valence-corrected chi connectivity index (χ0v) is 14.8. The molecule has 2 atom stereocenters. The molecule has 0 amide bonds. The molecule has 0 saturated carbocycles. The number of nitrogens with zero attached hydrogens (tertiary/aromatic N) is 6. The first-order valence-electron chi connectivity index (χ1n) is 9.14. The maximum absolute atomic E-state index is 6.13. The lowest BCUT2D eigenvalue weighted by Crippen LogP contribution is -2.49. The third kappa shape index (κ3) is 3.67. The zero-order chi connectivity index (χ0) is 17.1. The predicted molar refractivity (Wildman–Crippen MR) is 95.3 cm³/mol. The number of aryl methyl sites for hydroxylation is 1. The Bertz CT molecular complexity index is 667. The second-order valence-electron chi connectivity index (χ2n) is 6.92. The monoisotopic (exact) mass is 342 g/mol. The van der Waals surface area contributed by atoms with Gasteiger partial charge in [0.25, 0.3) is 0 Å². The van der Waals surface area contributed by atoms with Crippen LogP contribution in [0.1, 0.15) is 24.6 Å². The smallest absolute Gasteiger partial charge is 0.147 e. The fraction of sp³-hybridized carbons (Fsp3) is 0.611. The first-order valence-corrected chi connectivity index (χ1v) is 9.14. The summed E-state index contributed by atoms with van der Waals surface area (Å²) in [5, 5.41) is 4.32. The Kier molecular flexibility index (Phi) is 4.94. The van der Waals surface area contributed by atoms with Crippen LogP contribution in [0, 0.1) is 5.92 Å². The van der Waals surface area contributed by atoms with Crippen LogP contribution in [0.5, 0.6) is 0 Å². The molecule has 0 aliphatic carbocycles. The molecule has 134 valence electrons. The maximum atomic E-state index is 6.13. The molecule has 2 aromatic heterocycles. The molecule has 0 aromatic carbocycles. The van der Waals surface area contributed by atoms with Gasteiger partial charge in [0.1, 0.15) is 11.9 Å². The van der Waals surface area contributed by atoms with Crippen LogP contribution in [-0.2, 0) is 11.8 Å². The summed E-state index contributed by atoms with van der Waals surface area (Å²) < 4.78 is 8.08. The van der Waals surface area contributed by atoms with E-state index in [0.29, 0.717) is 5.92 Å². The van der Waals surface area contributed by atoms with Crippen molar-refractivity contribution in [3.05, 3.63) is 36.5 Å². The van der Waals surface area contributed by atoms with E-state index in [1.165, 1.54) is 12.1 Å². The van der Waals surface area contributed by atoms with Crippen molar-refractivity contribution in [3.8, 4) is 0 Å². The van der Waals surface area contributed by atoms with Gasteiger partial charge in [0.2, 0.25) is 0 Å². The fourth-order valence-electron chi connectivity index (χ4n) is 3.97. The topological polar surface area (TPSA) is 59.3 Å². The molecule has 25 heavy (non-hydrogen) atoms. The summed E-state index contributed by atoms with van der Waals surface area (Å²) in [4.78, 5) is 13.5. The molecular weight excluding hydrogens is 316 g/mol. The van der Waals surface area contributed by atoms with Crippen LogP contribution in [-0.4, -0.2) is 64.0 Å². The second-order valence-corrected chi connectivity index (χ2v) is 6.92. The number of piperazine rings is 1. The van der Waals surface area contributed by atoms with Gasteiger partial charge in [0, 0.05) is 70.9 Å². The van der Waals surface area contributed by atoms with Crippen LogP contribution >= 0.6 is 0 Å². The van der Waals surface area contributed by atoms with Crippen LogP contribution < -0.4 is 4.90 Å². The van der Waals surface area contributed by atoms with E-state index >= 15 is 0 Å². The summed E-state index contributed by atoms with van der Waals surface area (Å²) in [5.74, 6) is 1.52. The molecule has 0 N–H and O–H groups in total. The van der Waals surface area contributed by atoms with Crippen molar-refractivity contribution in [2.24, 2.45) is 13.0 Å². The van der Waals surface area contributed by atoms with Gasteiger partial charge in [-0.2, -0.15) is 5.10 Å². The lowest BCUT2D eigenvalue weighted by Gasteiger charge is -2.39. The van der Waals surface area contributed by atoms with E-state index in [0.717, 1.165) is 51.6 Å². The minimum absolute atomic E-state index is 0.166. The van der Waals surface area contributed by atoms with Crippen LogP contribution in [0.15, 0.2) is 30.9 Å². The van der Waals surface area contributed by atoms with E-state index in [-0.39, 0.29) is 6.10 Å². The molecule has 2 aliphatic heterocycles. The molecule has 4 rings (SSSR count). The summed E-state index contributed by atoms with van der Waals surface area (Å²) in [6.45, 7) is 6.07. The van der Waals surface area contributed by atoms with Crippen molar-refractivity contribution in [3.63, 3.8) is 0 Å². The molecule has 2 fully saturated rings. The van der Waals surface area contributed by atoms with E-state index in [1.54, 1.807) is 12.4 Å². The van der Waals surface area contributed by atoms with Crippen molar-refractivity contribution >= 4 is 5.82 Å². The van der Waals surface area contributed by atoms with Crippen molar-refractivity contribution < 1.29 is 4.74 Å². The Balaban J connectivity index is 1.36. The normalized spacial score (nSPS) is 25.2. The molecule has 2 saturated heterocycles. The minimum Gasteiger partial charge on any atom is -0.372 e. The number of ether oxygens (including phenoxy) is 1. The quantitative estimate of drug-likeness (QED) is 0.839. The fourth-order valence-corrected chi connectivity index (χ4v) is 3.97. The molecule has 4 heterocycles. The molecule has 0 unspecified atom stereocenters. The van der Waals surface area contributed by atoms with Gasteiger partial charge >= 0.3 is 0 Å². The number of rotatable bonds is 4. The summed E-state index contributed by atoms with van der Waals surface area (Å²) >= 11 is 0. The van der Waals surface area contributed by atoms with Crippen molar-refractivity contribution in [1.82, 2.24) is 24.6 Å². The van der Waals surface area contributed by atoms with Gasteiger partial charge in [-0.3, -0.25) is 14.6 Å². The van der Waals surface area contributed by atoms with E-state index in [2.05, 4.69) is 30.9 Å². The van der Waals surface area contributed by atoms with Crippen LogP contribution in [0.2, 0.25) is 0 Å². The van der Waals surface area contributed by atoms with E-state index in [1.807, 2.05) is 24.1 Å². The summed E-state index contributed by atoms with van der Waals surface area (Å²) in [6, 6.07) is 2.09. The Morgan fingerprint density at radius 3 is 2.76 bits per heavy atom. The van der Waals surface area contributed by atoms with Gasteiger partial charge in [-0.15, -0.1) is 0 Å². The highest BCUT2D eigenvalue weighted by Crippen LogP contribution is 2.34. The highest BCUT2D eigenvalue weighted by molar-refractivity contribution is 5.35. The third-order valence-corrected chi connectivity index (χ3v) is 5.33. The first kappa shape index (κ1) is 16.5. The highest BCUT2D eigenvalue weighted by Gasteiger charge is 2.31. The molecular formula is C18H26N6O. The Morgan fingerprint density at radius 2 is 2.04 bits per heavy atom. The zero-order valence-electron chi connectivity index (χ0n) is 14.8. The first-order chi connectivity index (χ1) is 12.3. The lowest BCUT2D eigenvalue weighted by molar-refractivity contribution is -0.0435. The van der Waals surface area contributed by atoms with E-state index < -0.39 is 0 Å². The van der Waals surface area contributed by atoms with E-state index in [4.69, 9.17) is 4.74 Å². The standard InChI is InChI=1S/C18H26N6O/c1-22-16(4-5-21-22)18-15(3-2-12-25-18)14-23-8-10-24(11-9-23)17-13-19-6-7-20-17/h4-7,13,15,18H,2-3,8-12,14H2,1H3/t15-,18+/m0/s1. The van der Waals surface area contributed by atoms with Gasteiger partial charge in [-0.1, -0.05) is 0 Å². The number of anilines is 1. The second kappa shape index (κ2) is 7.49. The maximum Gasteiger partial charge on any atom is 0.147 e. The molecule has 2 aliphatic rings. The van der Waals surface area contributed by atoms with E-state index in [9.17, 15) is 0 Å². The van der Waals surface area contributed by atoms with Gasteiger partial charge < -0.3 is 9.64 Å². The summed E-state index contributed by atoms with van der Waals surface area (Å²) in [6.07, 6.45) is 9.74. The van der Waals surface area contributed by atoms with Gasteiger partial charge in [0.15, 0.2) is 0 Å². The third-order valence-electron chi connectivity index (χ3n) is 5.33. The number of hydrogen-bond acceptors (Lipinski definition) is 6. The molecule has 7 nitrogen and oxygen atoms in total. The Labute approximate surface area is 148 Å². The Hall–Kier alpha value is -1.99. The van der Waals surface area contributed by atoms with Crippen molar-refractivity contribution in [1.29, 1.82) is 0 Å². The largest absolute Gasteiger partial charge is 0.372 e. The molecule has 0 bridgehead atoms. The molecule has 0 radical (unpaired) electrons. The van der Waals surface area contributed by atoms with Crippen molar-refractivity contribution in [2.45, 2.75) is 18.9 Å². The van der Waals surface area contributed by atoms with Crippen LogP contribution in [0.25, 0.3) is 0 Å². The van der Waals surface area contributed by atoms with Crippen LogP contribution in [0.3, 0.4) is 0 Å². The molecule has 7 heteroatoms. The van der Waals surface area contributed by atoms with Gasteiger partial charge in [-0.05, 0) is 18.9 Å². The predicted octanol–water partition coefficient (Wildman–Crippen LogP) is 1.50. The van der Waals surface area contributed by atoms with Crippen molar-refractivity contribution in [2.75, 3.05) is 44.2 Å². The highest BCUT2D eigenvalue weighted by atomic mass is 16.5.